The Morgan fingerprint density at radius 3 is 2.62 bits per heavy atom. The number of halogens is 4. The van der Waals surface area contributed by atoms with Crippen molar-refractivity contribution in [1.82, 2.24) is 15.0 Å². The van der Waals surface area contributed by atoms with Gasteiger partial charge in [-0.2, -0.15) is 13.2 Å². The number of amides is 1. The lowest BCUT2D eigenvalue weighted by Gasteiger charge is -2.22. The van der Waals surface area contributed by atoms with Crippen LogP contribution in [-0.2, 0) is 23.9 Å². The molecule has 0 bridgehead atoms. The fraction of sp³-hybridized carbons (Fsp3) is 0.500. The molecule has 0 spiro atoms. The average Bonchev–Trinajstić information content (AvgIpc) is 2.85. The number of benzene rings is 1. The number of hydrogen-bond donors (Lipinski definition) is 0. The predicted octanol–water partition coefficient (Wildman–Crippen LogP) is 4.24. The van der Waals surface area contributed by atoms with Gasteiger partial charge in [-0.05, 0) is 44.0 Å². The van der Waals surface area contributed by atoms with Gasteiger partial charge in [-0.25, -0.2) is 0 Å². The van der Waals surface area contributed by atoms with Gasteiger partial charge in [0, 0.05) is 43.3 Å². The summed E-state index contributed by atoms with van der Waals surface area (Å²) in [6, 6.07) is 3.08. The van der Waals surface area contributed by atoms with Gasteiger partial charge in [0.25, 0.3) is 0 Å². The molecule has 0 radical (unpaired) electrons. The molecule has 158 valence electrons. The molecule has 0 saturated carbocycles. The fourth-order valence-electron chi connectivity index (χ4n) is 3.49. The maximum absolute atomic E-state index is 12.9. The molecule has 1 aliphatic rings. The Morgan fingerprint density at radius 1 is 1.21 bits per heavy atom. The lowest BCUT2D eigenvalue weighted by atomic mass is 10.1. The number of hydrogen-bond acceptors (Lipinski definition) is 4. The molecule has 1 amide bonds. The Kier molecular flexibility index (Phi) is 6.53. The van der Waals surface area contributed by atoms with Gasteiger partial charge >= 0.3 is 6.18 Å². The van der Waals surface area contributed by atoms with Crippen LogP contribution in [0.3, 0.4) is 0 Å². The summed E-state index contributed by atoms with van der Waals surface area (Å²) in [7, 11) is 0. The van der Waals surface area contributed by atoms with Crippen LogP contribution in [0, 0.1) is 13.8 Å². The molecular weight excluding hydrogens is 407 g/mol. The molecule has 1 aliphatic heterocycles. The van der Waals surface area contributed by atoms with Crippen LogP contribution in [0.5, 0.6) is 0 Å². The van der Waals surface area contributed by atoms with E-state index in [0.717, 1.165) is 42.1 Å². The summed E-state index contributed by atoms with van der Waals surface area (Å²) in [6.45, 7) is 7.04. The van der Waals surface area contributed by atoms with Crippen molar-refractivity contribution in [3.05, 3.63) is 51.4 Å². The Labute approximate surface area is 172 Å². The summed E-state index contributed by atoms with van der Waals surface area (Å²) in [6.07, 6.45) is -3.83. The summed E-state index contributed by atoms with van der Waals surface area (Å²) in [5.74, 6) is 0.573. The number of carbonyl (C=O) groups is 1. The van der Waals surface area contributed by atoms with Crippen molar-refractivity contribution in [3.63, 3.8) is 0 Å². The van der Waals surface area contributed by atoms with E-state index in [9.17, 15) is 18.0 Å². The minimum Gasteiger partial charge on any atom is -0.361 e. The number of aromatic nitrogens is 1. The standard InChI is InChI=1S/C20H23ClF3N3O2/c1-13-17(14(2)29-25-13)12-26-6-3-7-27(9-8-26)19(28)11-15-10-16(20(22,23)24)4-5-18(15)21/h4-5,10H,3,6-9,11-12H2,1-2H3. The van der Waals surface area contributed by atoms with Crippen molar-refractivity contribution < 1.29 is 22.5 Å². The van der Waals surface area contributed by atoms with Crippen LogP contribution >= 0.6 is 11.6 Å². The fourth-order valence-corrected chi connectivity index (χ4v) is 3.68. The van der Waals surface area contributed by atoms with Gasteiger partial charge in [-0.3, -0.25) is 9.69 Å². The molecule has 29 heavy (non-hydrogen) atoms. The highest BCUT2D eigenvalue weighted by Crippen LogP contribution is 2.32. The highest BCUT2D eigenvalue weighted by molar-refractivity contribution is 6.31. The van der Waals surface area contributed by atoms with E-state index in [-0.39, 0.29) is 22.9 Å². The number of aryl methyl sites for hydroxylation is 2. The topological polar surface area (TPSA) is 49.6 Å². The first-order valence-electron chi connectivity index (χ1n) is 9.42. The lowest BCUT2D eigenvalue weighted by molar-refractivity contribution is -0.138. The van der Waals surface area contributed by atoms with E-state index < -0.39 is 11.7 Å². The minimum atomic E-state index is -4.47. The van der Waals surface area contributed by atoms with Gasteiger partial charge in [0.2, 0.25) is 5.91 Å². The molecule has 0 N–H and O–H groups in total. The number of alkyl halides is 3. The monoisotopic (exact) mass is 429 g/mol. The zero-order valence-electron chi connectivity index (χ0n) is 16.4. The molecule has 9 heteroatoms. The molecule has 3 rings (SSSR count). The third kappa shape index (κ3) is 5.30. The van der Waals surface area contributed by atoms with E-state index in [1.165, 1.54) is 6.07 Å². The molecule has 0 unspecified atom stereocenters. The van der Waals surface area contributed by atoms with Crippen molar-refractivity contribution >= 4 is 17.5 Å². The Bertz CT molecular complexity index is 863. The van der Waals surface area contributed by atoms with Gasteiger partial charge in [-0.15, -0.1) is 0 Å². The summed E-state index contributed by atoms with van der Waals surface area (Å²) >= 11 is 6.03. The molecule has 1 aromatic heterocycles. The van der Waals surface area contributed by atoms with Gasteiger partial charge in [0.1, 0.15) is 5.76 Å². The third-order valence-electron chi connectivity index (χ3n) is 5.22. The average molecular weight is 430 g/mol. The van der Waals surface area contributed by atoms with Crippen LogP contribution in [0.2, 0.25) is 5.02 Å². The van der Waals surface area contributed by atoms with E-state index in [0.29, 0.717) is 26.2 Å². The van der Waals surface area contributed by atoms with E-state index in [4.69, 9.17) is 16.1 Å². The molecule has 2 heterocycles. The molecule has 1 aromatic carbocycles. The summed E-state index contributed by atoms with van der Waals surface area (Å²) < 4.78 is 44.0. The van der Waals surface area contributed by atoms with Gasteiger partial charge in [-0.1, -0.05) is 16.8 Å². The summed E-state index contributed by atoms with van der Waals surface area (Å²) in [5.41, 5.74) is 1.31. The van der Waals surface area contributed by atoms with E-state index in [1.807, 2.05) is 13.8 Å². The van der Waals surface area contributed by atoms with Crippen molar-refractivity contribution in [2.75, 3.05) is 26.2 Å². The zero-order valence-corrected chi connectivity index (χ0v) is 17.1. The highest BCUT2D eigenvalue weighted by Gasteiger charge is 2.31. The number of carbonyl (C=O) groups excluding carboxylic acids is 1. The van der Waals surface area contributed by atoms with Gasteiger partial charge in [0.15, 0.2) is 0 Å². The smallest absolute Gasteiger partial charge is 0.361 e. The van der Waals surface area contributed by atoms with Crippen LogP contribution in [0.25, 0.3) is 0 Å². The SMILES string of the molecule is Cc1noc(C)c1CN1CCCN(C(=O)Cc2cc(C(F)(F)F)ccc2Cl)CC1. The van der Waals surface area contributed by atoms with Crippen molar-refractivity contribution in [2.45, 2.75) is 39.4 Å². The van der Waals surface area contributed by atoms with Crippen LogP contribution in [0.4, 0.5) is 13.2 Å². The summed E-state index contributed by atoms with van der Waals surface area (Å²) in [5, 5.41) is 4.14. The maximum atomic E-state index is 12.9. The van der Waals surface area contributed by atoms with Crippen molar-refractivity contribution in [2.24, 2.45) is 0 Å². The van der Waals surface area contributed by atoms with Crippen molar-refractivity contribution in [3.8, 4) is 0 Å². The Balaban J connectivity index is 1.63. The second-order valence-corrected chi connectivity index (χ2v) is 7.70. The second kappa shape index (κ2) is 8.75. The lowest BCUT2D eigenvalue weighted by Crippen LogP contribution is -2.36. The van der Waals surface area contributed by atoms with E-state index in [1.54, 1.807) is 4.90 Å². The third-order valence-corrected chi connectivity index (χ3v) is 5.59. The zero-order chi connectivity index (χ0) is 21.2. The van der Waals surface area contributed by atoms with Crippen LogP contribution in [-0.4, -0.2) is 47.0 Å². The van der Waals surface area contributed by atoms with Crippen LogP contribution < -0.4 is 0 Å². The second-order valence-electron chi connectivity index (χ2n) is 7.29. The molecule has 1 fully saturated rings. The Hall–Kier alpha value is -2.06. The highest BCUT2D eigenvalue weighted by atomic mass is 35.5. The summed E-state index contributed by atoms with van der Waals surface area (Å²) in [4.78, 5) is 16.6. The number of nitrogens with zero attached hydrogens (tertiary/aromatic N) is 3. The molecule has 1 saturated heterocycles. The predicted molar refractivity (Wildman–Crippen MR) is 103 cm³/mol. The molecular formula is C20H23ClF3N3O2. The normalized spacial score (nSPS) is 16.1. The van der Waals surface area contributed by atoms with Crippen LogP contribution in [0.1, 0.15) is 34.6 Å². The van der Waals surface area contributed by atoms with Crippen molar-refractivity contribution in [1.29, 1.82) is 0 Å². The molecule has 0 atom stereocenters. The first-order valence-corrected chi connectivity index (χ1v) is 9.80. The molecule has 2 aromatic rings. The maximum Gasteiger partial charge on any atom is 0.416 e. The van der Waals surface area contributed by atoms with Gasteiger partial charge in [0.05, 0.1) is 17.7 Å². The molecule has 0 aliphatic carbocycles. The Morgan fingerprint density at radius 2 is 1.97 bits per heavy atom. The minimum absolute atomic E-state index is 0.146. The first-order chi connectivity index (χ1) is 13.6. The van der Waals surface area contributed by atoms with Crippen LogP contribution in [0.15, 0.2) is 22.7 Å². The van der Waals surface area contributed by atoms with Gasteiger partial charge < -0.3 is 9.42 Å². The first kappa shape index (κ1) is 21.6. The number of rotatable bonds is 4. The molecule has 5 nitrogen and oxygen atoms in total. The quantitative estimate of drug-likeness (QED) is 0.729. The largest absolute Gasteiger partial charge is 0.416 e. The van der Waals surface area contributed by atoms with E-state index >= 15 is 0 Å². The van der Waals surface area contributed by atoms with E-state index in [2.05, 4.69) is 10.1 Å².